The Morgan fingerprint density at radius 2 is 1.85 bits per heavy atom. The van der Waals surface area contributed by atoms with Crippen molar-refractivity contribution in [1.82, 2.24) is 4.57 Å². The first-order valence-electron chi connectivity index (χ1n) is 8.20. The van der Waals surface area contributed by atoms with Gasteiger partial charge >= 0.3 is 5.97 Å². The van der Waals surface area contributed by atoms with E-state index in [1.807, 2.05) is 25.1 Å². The molecule has 0 atom stereocenters. The molecule has 0 bridgehead atoms. The third-order valence-electron chi connectivity index (χ3n) is 3.89. The molecule has 0 aliphatic heterocycles. The molecule has 136 valence electrons. The van der Waals surface area contributed by atoms with Crippen LogP contribution in [0.15, 0.2) is 53.2 Å². The number of rotatable bonds is 5. The van der Waals surface area contributed by atoms with Crippen LogP contribution in [0.2, 0.25) is 0 Å². The molecule has 2 heterocycles. The molecule has 0 fully saturated rings. The maximum absolute atomic E-state index is 12.4. The number of ether oxygens (including phenoxy) is 1. The highest BCUT2D eigenvalue weighted by Crippen LogP contribution is 2.26. The summed E-state index contributed by atoms with van der Waals surface area (Å²) < 4.78 is 12.2. The predicted molar refractivity (Wildman–Crippen MR) is 97.6 cm³/mol. The van der Waals surface area contributed by atoms with E-state index < -0.39 is 18.5 Å². The van der Waals surface area contributed by atoms with Crippen LogP contribution in [0.4, 0.5) is 5.69 Å². The molecule has 0 aliphatic carbocycles. The van der Waals surface area contributed by atoms with Crippen molar-refractivity contribution in [2.45, 2.75) is 13.8 Å². The van der Waals surface area contributed by atoms with Crippen LogP contribution in [0.3, 0.4) is 0 Å². The Bertz CT molecular complexity index is 1010. The number of nitriles is 1. The Kier molecular flexibility index (Phi) is 5.08. The maximum atomic E-state index is 12.4. The molecule has 1 N–H and O–H groups in total. The van der Waals surface area contributed by atoms with Crippen LogP contribution in [-0.2, 0) is 9.53 Å². The number of aryl methyl sites for hydroxylation is 2. The fourth-order valence-electron chi connectivity index (χ4n) is 2.57. The molecule has 3 rings (SSSR count). The summed E-state index contributed by atoms with van der Waals surface area (Å²) in [5.41, 5.74) is 1.75. The van der Waals surface area contributed by atoms with Crippen LogP contribution in [0.25, 0.3) is 5.88 Å². The van der Waals surface area contributed by atoms with Crippen molar-refractivity contribution >= 4 is 17.6 Å². The van der Waals surface area contributed by atoms with Crippen molar-refractivity contribution in [3.8, 4) is 12.0 Å². The van der Waals surface area contributed by atoms with Crippen molar-refractivity contribution < 1.29 is 18.7 Å². The van der Waals surface area contributed by atoms with Gasteiger partial charge in [-0.25, -0.2) is 4.79 Å². The standard InChI is InChI=1S/C20H17N3O4/c1-13-5-7-15(8-6-13)22-17(24)12-26-20(25)18-14(2)27-19(16(18)11-21)23-9-3-4-10-23/h3-10H,12H2,1-2H3,(H,22,24). The number of benzene rings is 1. The summed E-state index contributed by atoms with van der Waals surface area (Å²) in [7, 11) is 0. The minimum atomic E-state index is -0.787. The average Bonchev–Trinajstić information content (AvgIpc) is 3.29. The van der Waals surface area contributed by atoms with E-state index in [4.69, 9.17) is 9.15 Å². The fourth-order valence-corrected chi connectivity index (χ4v) is 2.57. The second kappa shape index (κ2) is 7.62. The number of anilines is 1. The van der Waals surface area contributed by atoms with Gasteiger partial charge in [0, 0.05) is 18.1 Å². The van der Waals surface area contributed by atoms with E-state index in [9.17, 15) is 14.9 Å². The zero-order chi connectivity index (χ0) is 19.4. The van der Waals surface area contributed by atoms with Crippen molar-refractivity contribution in [3.05, 3.63) is 71.2 Å². The van der Waals surface area contributed by atoms with Gasteiger partial charge in [0.15, 0.2) is 6.61 Å². The Morgan fingerprint density at radius 3 is 2.48 bits per heavy atom. The quantitative estimate of drug-likeness (QED) is 0.701. The summed E-state index contributed by atoms with van der Waals surface area (Å²) in [6.45, 7) is 3.03. The molecule has 0 spiro atoms. The summed E-state index contributed by atoms with van der Waals surface area (Å²) in [6.07, 6.45) is 3.40. The summed E-state index contributed by atoms with van der Waals surface area (Å²) >= 11 is 0. The van der Waals surface area contributed by atoms with Crippen LogP contribution < -0.4 is 5.32 Å². The number of furan rings is 1. The Hall–Kier alpha value is -3.79. The lowest BCUT2D eigenvalue weighted by Crippen LogP contribution is -2.21. The molecule has 27 heavy (non-hydrogen) atoms. The molecule has 0 radical (unpaired) electrons. The van der Waals surface area contributed by atoms with Gasteiger partial charge in [-0.3, -0.25) is 9.36 Å². The molecular weight excluding hydrogens is 346 g/mol. The molecule has 0 aliphatic rings. The first-order valence-corrected chi connectivity index (χ1v) is 8.20. The molecular formula is C20H17N3O4. The topological polar surface area (TPSA) is 97.3 Å². The zero-order valence-electron chi connectivity index (χ0n) is 14.9. The molecule has 7 nitrogen and oxygen atoms in total. The lowest BCUT2D eigenvalue weighted by molar-refractivity contribution is -0.119. The van der Waals surface area contributed by atoms with E-state index in [2.05, 4.69) is 5.32 Å². The summed E-state index contributed by atoms with van der Waals surface area (Å²) in [5.74, 6) is -0.780. The molecule has 2 aromatic heterocycles. The van der Waals surface area contributed by atoms with Gasteiger partial charge in [0.2, 0.25) is 5.88 Å². The largest absolute Gasteiger partial charge is 0.452 e. The van der Waals surface area contributed by atoms with Crippen LogP contribution in [0, 0.1) is 25.2 Å². The number of nitrogens with one attached hydrogen (secondary N) is 1. The van der Waals surface area contributed by atoms with E-state index >= 15 is 0 Å². The van der Waals surface area contributed by atoms with Gasteiger partial charge in [0.05, 0.1) is 0 Å². The highest BCUT2D eigenvalue weighted by molar-refractivity contribution is 5.97. The zero-order valence-corrected chi connectivity index (χ0v) is 14.9. The summed E-state index contributed by atoms with van der Waals surface area (Å²) in [4.78, 5) is 24.4. The van der Waals surface area contributed by atoms with E-state index in [0.29, 0.717) is 5.69 Å². The van der Waals surface area contributed by atoms with E-state index in [1.54, 1.807) is 48.1 Å². The summed E-state index contributed by atoms with van der Waals surface area (Å²) in [5, 5.41) is 12.1. The highest BCUT2D eigenvalue weighted by Gasteiger charge is 2.26. The molecule has 7 heteroatoms. The predicted octanol–water partition coefficient (Wildman–Crippen LogP) is 3.35. The van der Waals surface area contributed by atoms with Crippen LogP contribution in [0.5, 0.6) is 0 Å². The Balaban J connectivity index is 1.70. The number of aromatic nitrogens is 1. The van der Waals surface area contributed by atoms with Crippen LogP contribution in [-0.4, -0.2) is 23.1 Å². The Labute approximate surface area is 155 Å². The summed E-state index contributed by atoms with van der Waals surface area (Å²) in [6, 6.07) is 12.7. The first-order chi connectivity index (χ1) is 13.0. The average molecular weight is 363 g/mol. The van der Waals surface area contributed by atoms with Gasteiger partial charge in [-0.05, 0) is 38.1 Å². The van der Waals surface area contributed by atoms with Crippen molar-refractivity contribution in [2.75, 3.05) is 11.9 Å². The number of nitrogens with zero attached hydrogens (tertiary/aromatic N) is 2. The third-order valence-corrected chi connectivity index (χ3v) is 3.89. The third kappa shape index (κ3) is 3.90. The number of hydrogen-bond donors (Lipinski definition) is 1. The fraction of sp³-hybridized carbons (Fsp3) is 0.150. The van der Waals surface area contributed by atoms with E-state index in [1.165, 1.54) is 0 Å². The lowest BCUT2D eigenvalue weighted by atomic mass is 10.1. The molecule has 0 saturated heterocycles. The van der Waals surface area contributed by atoms with Crippen molar-refractivity contribution in [2.24, 2.45) is 0 Å². The maximum Gasteiger partial charge on any atom is 0.343 e. The van der Waals surface area contributed by atoms with Gasteiger partial charge in [0.25, 0.3) is 5.91 Å². The SMILES string of the molecule is Cc1ccc(NC(=O)COC(=O)c2c(C)oc(-n3cccc3)c2C#N)cc1. The number of hydrogen-bond acceptors (Lipinski definition) is 5. The van der Waals surface area contributed by atoms with Gasteiger partial charge < -0.3 is 14.5 Å². The second-order valence-corrected chi connectivity index (χ2v) is 5.91. The molecule has 3 aromatic rings. The first kappa shape index (κ1) is 18.0. The molecule has 1 amide bonds. The minimum absolute atomic E-state index is 0.0179. The lowest BCUT2D eigenvalue weighted by Gasteiger charge is -2.06. The molecule has 1 aromatic carbocycles. The smallest absolute Gasteiger partial charge is 0.343 e. The van der Waals surface area contributed by atoms with Gasteiger partial charge in [-0.1, -0.05) is 17.7 Å². The van der Waals surface area contributed by atoms with Gasteiger partial charge in [0.1, 0.15) is 23.0 Å². The van der Waals surface area contributed by atoms with E-state index in [0.717, 1.165) is 5.56 Å². The second-order valence-electron chi connectivity index (χ2n) is 5.91. The molecule has 0 saturated carbocycles. The van der Waals surface area contributed by atoms with Crippen molar-refractivity contribution in [3.63, 3.8) is 0 Å². The monoisotopic (exact) mass is 363 g/mol. The normalized spacial score (nSPS) is 10.3. The number of esters is 1. The highest BCUT2D eigenvalue weighted by atomic mass is 16.5. The number of carbonyl (C=O) groups is 2. The van der Waals surface area contributed by atoms with Crippen molar-refractivity contribution in [1.29, 1.82) is 5.26 Å². The Morgan fingerprint density at radius 1 is 1.19 bits per heavy atom. The molecule has 0 unspecified atom stereocenters. The van der Waals surface area contributed by atoms with Crippen LogP contribution >= 0.6 is 0 Å². The van der Waals surface area contributed by atoms with E-state index in [-0.39, 0.29) is 22.8 Å². The van der Waals surface area contributed by atoms with Gasteiger partial charge in [-0.15, -0.1) is 0 Å². The number of carbonyl (C=O) groups excluding carboxylic acids is 2. The van der Waals surface area contributed by atoms with Crippen LogP contribution in [0.1, 0.15) is 27.2 Å². The number of amides is 1. The van der Waals surface area contributed by atoms with Gasteiger partial charge in [-0.2, -0.15) is 5.26 Å². The minimum Gasteiger partial charge on any atom is -0.452 e.